The van der Waals surface area contributed by atoms with Crippen molar-refractivity contribution >= 4 is 18.4 Å². The van der Waals surface area contributed by atoms with Gasteiger partial charge in [0.05, 0.1) is 12.2 Å². The third kappa shape index (κ3) is 4.29. The molecular formula is C16H18ClNO3. The SMILES string of the molecule is Cl.NC(CO)Cc1ccc(-c2ccccc2C(=O)O)cc1. The van der Waals surface area contributed by atoms with Crippen molar-refractivity contribution in [1.29, 1.82) is 0 Å². The molecule has 0 aromatic heterocycles. The summed E-state index contributed by atoms with van der Waals surface area (Å²) >= 11 is 0. The zero-order chi connectivity index (χ0) is 14.5. The second-order valence-corrected chi connectivity index (χ2v) is 4.69. The monoisotopic (exact) mass is 307 g/mol. The molecule has 4 N–H and O–H groups in total. The van der Waals surface area contributed by atoms with Crippen LogP contribution in [0.1, 0.15) is 15.9 Å². The molecule has 0 bridgehead atoms. The summed E-state index contributed by atoms with van der Waals surface area (Å²) in [5.74, 6) is -0.938. The predicted octanol–water partition coefficient (Wildman–Crippen LogP) is 2.34. The van der Waals surface area contributed by atoms with E-state index in [1.54, 1.807) is 18.2 Å². The van der Waals surface area contributed by atoms with Gasteiger partial charge in [-0.3, -0.25) is 0 Å². The minimum atomic E-state index is -0.938. The summed E-state index contributed by atoms with van der Waals surface area (Å²) in [7, 11) is 0. The lowest BCUT2D eigenvalue weighted by Gasteiger charge is -2.10. The Balaban J connectivity index is 0.00000220. The van der Waals surface area contributed by atoms with Gasteiger partial charge >= 0.3 is 5.97 Å². The molecule has 0 saturated carbocycles. The standard InChI is InChI=1S/C16H17NO3.ClH/c17-13(10-18)9-11-5-7-12(8-6-11)14-3-1-2-4-15(14)16(19)20;/h1-8,13,18H,9-10,17H2,(H,19,20);1H. The first kappa shape index (κ1) is 17.2. The molecule has 5 heteroatoms. The summed E-state index contributed by atoms with van der Waals surface area (Å²) in [4.78, 5) is 11.2. The Morgan fingerprint density at radius 3 is 2.29 bits per heavy atom. The second kappa shape index (κ2) is 7.78. The number of aliphatic hydroxyl groups is 1. The third-order valence-corrected chi connectivity index (χ3v) is 3.15. The molecule has 0 spiro atoms. The number of rotatable bonds is 5. The summed E-state index contributed by atoms with van der Waals surface area (Å²) in [5, 5.41) is 18.1. The van der Waals surface area contributed by atoms with Gasteiger partial charge in [-0.05, 0) is 29.2 Å². The molecule has 0 amide bonds. The Bertz CT molecular complexity index is 599. The number of hydrogen-bond donors (Lipinski definition) is 3. The molecule has 0 saturated heterocycles. The van der Waals surface area contributed by atoms with E-state index < -0.39 is 5.97 Å². The van der Waals surface area contributed by atoms with Gasteiger partial charge in [0.15, 0.2) is 0 Å². The summed E-state index contributed by atoms with van der Waals surface area (Å²) < 4.78 is 0. The van der Waals surface area contributed by atoms with Gasteiger partial charge in [-0.2, -0.15) is 0 Å². The van der Waals surface area contributed by atoms with Crippen LogP contribution in [0.5, 0.6) is 0 Å². The molecule has 4 nitrogen and oxygen atoms in total. The highest BCUT2D eigenvalue weighted by Gasteiger charge is 2.10. The lowest BCUT2D eigenvalue weighted by molar-refractivity contribution is 0.0697. The van der Waals surface area contributed by atoms with E-state index in [-0.39, 0.29) is 30.6 Å². The highest BCUT2D eigenvalue weighted by atomic mass is 35.5. The van der Waals surface area contributed by atoms with Crippen molar-refractivity contribution in [3.63, 3.8) is 0 Å². The Morgan fingerprint density at radius 2 is 1.71 bits per heavy atom. The molecule has 112 valence electrons. The first-order valence-corrected chi connectivity index (χ1v) is 6.40. The van der Waals surface area contributed by atoms with Crippen molar-refractivity contribution in [3.8, 4) is 11.1 Å². The molecule has 0 fully saturated rings. The van der Waals surface area contributed by atoms with Gasteiger partial charge in [-0.15, -0.1) is 12.4 Å². The molecule has 0 aliphatic rings. The van der Waals surface area contributed by atoms with E-state index in [4.69, 9.17) is 10.8 Å². The van der Waals surface area contributed by atoms with Crippen LogP contribution in [0, 0.1) is 0 Å². The first-order valence-electron chi connectivity index (χ1n) is 6.40. The average molecular weight is 308 g/mol. The van der Waals surface area contributed by atoms with Gasteiger partial charge in [0.1, 0.15) is 0 Å². The maximum Gasteiger partial charge on any atom is 0.336 e. The predicted molar refractivity (Wildman–Crippen MR) is 84.9 cm³/mol. The maximum atomic E-state index is 11.2. The smallest absolute Gasteiger partial charge is 0.336 e. The van der Waals surface area contributed by atoms with Crippen molar-refractivity contribution in [2.75, 3.05) is 6.61 Å². The van der Waals surface area contributed by atoms with Crippen LogP contribution in [0.15, 0.2) is 48.5 Å². The molecule has 0 heterocycles. The fourth-order valence-corrected chi connectivity index (χ4v) is 2.11. The highest BCUT2D eigenvalue weighted by Crippen LogP contribution is 2.24. The number of carboxylic acid groups (broad SMARTS) is 1. The van der Waals surface area contributed by atoms with Gasteiger partial charge in [-0.25, -0.2) is 4.79 Å². The molecule has 1 unspecified atom stereocenters. The molecule has 0 aliphatic carbocycles. The van der Waals surface area contributed by atoms with Crippen molar-refractivity contribution in [3.05, 3.63) is 59.7 Å². The largest absolute Gasteiger partial charge is 0.478 e. The van der Waals surface area contributed by atoms with Gasteiger partial charge in [0, 0.05) is 6.04 Å². The molecule has 2 aromatic carbocycles. The number of carbonyl (C=O) groups is 1. The number of hydrogen-bond acceptors (Lipinski definition) is 3. The van der Waals surface area contributed by atoms with Gasteiger partial charge in [0.2, 0.25) is 0 Å². The van der Waals surface area contributed by atoms with E-state index in [0.29, 0.717) is 12.0 Å². The molecular weight excluding hydrogens is 290 g/mol. The summed E-state index contributed by atoms with van der Waals surface area (Å²) in [6.07, 6.45) is 0.595. The van der Waals surface area contributed by atoms with E-state index >= 15 is 0 Å². The van der Waals surface area contributed by atoms with Crippen molar-refractivity contribution in [2.45, 2.75) is 12.5 Å². The minimum absolute atomic E-state index is 0. The Kier molecular flexibility index (Phi) is 6.37. The lowest BCUT2D eigenvalue weighted by Crippen LogP contribution is -2.26. The van der Waals surface area contributed by atoms with Crippen LogP contribution in [-0.2, 0) is 6.42 Å². The normalized spacial score (nSPS) is 11.5. The number of benzene rings is 2. The number of halogens is 1. The Labute approximate surface area is 129 Å². The Morgan fingerprint density at radius 1 is 1.10 bits per heavy atom. The number of carboxylic acids is 1. The van der Waals surface area contributed by atoms with Gasteiger partial charge in [-0.1, -0.05) is 42.5 Å². The van der Waals surface area contributed by atoms with Crippen LogP contribution < -0.4 is 5.73 Å². The van der Waals surface area contributed by atoms with E-state index in [0.717, 1.165) is 11.1 Å². The van der Waals surface area contributed by atoms with Gasteiger partial charge < -0.3 is 15.9 Å². The topological polar surface area (TPSA) is 83.5 Å². The van der Waals surface area contributed by atoms with E-state index in [2.05, 4.69) is 0 Å². The van der Waals surface area contributed by atoms with E-state index in [1.807, 2.05) is 30.3 Å². The number of nitrogens with two attached hydrogens (primary N) is 1. The summed E-state index contributed by atoms with van der Waals surface area (Å²) in [6.45, 7) is -0.0520. The fraction of sp³-hybridized carbons (Fsp3) is 0.188. The van der Waals surface area contributed by atoms with Crippen LogP contribution in [-0.4, -0.2) is 28.8 Å². The lowest BCUT2D eigenvalue weighted by atomic mass is 9.97. The van der Waals surface area contributed by atoms with Crippen LogP contribution in [0.3, 0.4) is 0 Å². The number of aliphatic hydroxyl groups excluding tert-OH is 1. The third-order valence-electron chi connectivity index (χ3n) is 3.15. The van der Waals surface area contributed by atoms with Crippen LogP contribution >= 0.6 is 12.4 Å². The van der Waals surface area contributed by atoms with Crippen molar-refractivity contribution in [1.82, 2.24) is 0 Å². The molecule has 21 heavy (non-hydrogen) atoms. The fourth-order valence-electron chi connectivity index (χ4n) is 2.11. The van der Waals surface area contributed by atoms with E-state index in [9.17, 15) is 9.90 Å². The molecule has 2 rings (SSSR count). The van der Waals surface area contributed by atoms with Crippen LogP contribution in [0.4, 0.5) is 0 Å². The van der Waals surface area contributed by atoms with Crippen molar-refractivity contribution < 1.29 is 15.0 Å². The molecule has 0 aliphatic heterocycles. The Hall–Kier alpha value is -1.88. The summed E-state index contributed by atoms with van der Waals surface area (Å²) in [6, 6.07) is 14.2. The average Bonchev–Trinajstić information content (AvgIpc) is 2.48. The second-order valence-electron chi connectivity index (χ2n) is 4.69. The van der Waals surface area contributed by atoms with Gasteiger partial charge in [0.25, 0.3) is 0 Å². The zero-order valence-electron chi connectivity index (χ0n) is 11.4. The highest BCUT2D eigenvalue weighted by molar-refractivity contribution is 5.95. The van der Waals surface area contributed by atoms with E-state index in [1.165, 1.54) is 0 Å². The molecule has 2 aromatic rings. The van der Waals surface area contributed by atoms with Crippen LogP contribution in [0.25, 0.3) is 11.1 Å². The number of aromatic carboxylic acids is 1. The molecule has 0 radical (unpaired) electrons. The first-order chi connectivity index (χ1) is 9.61. The minimum Gasteiger partial charge on any atom is -0.478 e. The van der Waals surface area contributed by atoms with Crippen molar-refractivity contribution in [2.24, 2.45) is 5.73 Å². The molecule has 1 atom stereocenters. The summed E-state index contributed by atoms with van der Waals surface area (Å²) in [5.41, 5.74) is 8.54. The maximum absolute atomic E-state index is 11.2. The van der Waals surface area contributed by atoms with Crippen LogP contribution in [0.2, 0.25) is 0 Å². The quantitative estimate of drug-likeness (QED) is 0.791. The zero-order valence-corrected chi connectivity index (χ0v) is 12.2.